The summed E-state index contributed by atoms with van der Waals surface area (Å²) in [5.74, 6) is -0.0121. The number of halogens is 1. The van der Waals surface area contributed by atoms with E-state index >= 15 is 0 Å². The van der Waals surface area contributed by atoms with Crippen LogP contribution in [0.25, 0.3) is 0 Å². The summed E-state index contributed by atoms with van der Waals surface area (Å²) in [5.41, 5.74) is -0.335. The quantitative estimate of drug-likeness (QED) is 0.460. The Morgan fingerprint density at radius 2 is 1.69 bits per heavy atom. The van der Waals surface area contributed by atoms with Crippen LogP contribution in [0.3, 0.4) is 0 Å². The summed E-state index contributed by atoms with van der Waals surface area (Å²) in [6, 6.07) is 2.72. The Hall–Kier alpha value is -1.78. The lowest BCUT2D eigenvalue weighted by atomic mass is 9.77. The lowest BCUT2D eigenvalue weighted by Crippen LogP contribution is -2.45. The number of carbonyl (C=O) groups is 2. The molecule has 0 unspecified atom stereocenters. The number of esters is 1. The van der Waals surface area contributed by atoms with E-state index in [4.69, 9.17) is 23.5 Å². The van der Waals surface area contributed by atoms with E-state index in [1.807, 2.05) is 39.8 Å². The largest absolute Gasteiger partial charge is 0.498 e. The third-order valence-corrected chi connectivity index (χ3v) is 6.05. The molecule has 2 rings (SSSR count). The molecule has 0 saturated carbocycles. The molecular weight excluding hydrogens is 481 g/mol. The zero-order valence-corrected chi connectivity index (χ0v) is 21.8. The molecule has 1 aliphatic heterocycles. The van der Waals surface area contributed by atoms with Gasteiger partial charge in [-0.25, -0.2) is 9.59 Å². The second-order valence-corrected chi connectivity index (χ2v) is 10.6. The molecule has 1 N–H and O–H groups in total. The number of ether oxygens (including phenoxy) is 3. The molecule has 1 aromatic carbocycles. The van der Waals surface area contributed by atoms with Crippen LogP contribution in [0.1, 0.15) is 54.0 Å². The predicted molar refractivity (Wildman–Crippen MR) is 125 cm³/mol. The van der Waals surface area contributed by atoms with Crippen LogP contribution >= 0.6 is 15.9 Å². The van der Waals surface area contributed by atoms with Gasteiger partial charge in [0.2, 0.25) is 0 Å². The summed E-state index contributed by atoms with van der Waals surface area (Å²) in [7, 11) is 2.17. The zero-order chi connectivity index (χ0) is 24.5. The zero-order valence-electron chi connectivity index (χ0n) is 20.3. The van der Waals surface area contributed by atoms with Gasteiger partial charge in [0, 0.05) is 11.9 Å². The monoisotopic (exact) mass is 513 g/mol. The molecule has 10 heteroatoms. The van der Waals surface area contributed by atoms with Crippen LogP contribution < -0.4 is 15.5 Å². The Labute approximate surface area is 198 Å². The van der Waals surface area contributed by atoms with Gasteiger partial charge in [0.15, 0.2) is 0 Å². The van der Waals surface area contributed by atoms with Crippen molar-refractivity contribution >= 4 is 40.6 Å². The molecule has 0 bridgehead atoms. The molecule has 1 fully saturated rings. The number of benzene rings is 1. The molecule has 1 heterocycles. The fourth-order valence-corrected chi connectivity index (χ4v) is 3.86. The van der Waals surface area contributed by atoms with Gasteiger partial charge in [0.25, 0.3) is 0 Å². The molecule has 0 aromatic heterocycles. The number of methoxy groups -OCH3 is 2. The van der Waals surface area contributed by atoms with E-state index in [0.717, 1.165) is 5.56 Å². The molecule has 1 amide bonds. The number of hydrogen-bond acceptors (Lipinski definition) is 7. The Morgan fingerprint density at radius 1 is 1.12 bits per heavy atom. The average Bonchev–Trinajstić information content (AvgIpc) is 2.85. The summed E-state index contributed by atoms with van der Waals surface area (Å²) in [6.45, 7) is 13.1. The first-order valence-electron chi connectivity index (χ1n) is 10.4. The second kappa shape index (κ2) is 9.61. The van der Waals surface area contributed by atoms with Gasteiger partial charge in [0.1, 0.15) is 17.4 Å². The first kappa shape index (κ1) is 26.5. The molecule has 1 atom stereocenters. The van der Waals surface area contributed by atoms with Gasteiger partial charge in [0.05, 0.1) is 29.9 Å². The van der Waals surface area contributed by atoms with E-state index in [2.05, 4.69) is 21.2 Å². The maximum atomic E-state index is 12.4. The molecule has 1 saturated heterocycles. The van der Waals surface area contributed by atoms with Crippen molar-refractivity contribution in [1.82, 2.24) is 5.32 Å². The number of rotatable bonds is 6. The van der Waals surface area contributed by atoms with E-state index < -0.39 is 42.0 Å². The van der Waals surface area contributed by atoms with Crippen molar-refractivity contribution in [3.05, 3.63) is 22.2 Å². The average molecular weight is 514 g/mol. The van der Waals surface area contributed by atoms with Crippen molar-refractivity contribution < 1.29 is 33.1 Å². The third kappa shape index (κ3) is 6.17. The smallest absolute Gasteiger partial charge is 0.496 e. The van der Waals surface area contributed by atoms with E-state index in [1.54, 1.807) is 27.9 Å². The maximum absolute atomic E-state index is 12.4. The third-order valence-electron chi connectivity index (χ3n) is 5.46. The van der Waals surface area contributed by atoms with E-state index in [9.17, 15) is 9.59 Å². The molecule has 8 nitrogen and oxygen atoms in total. The minimum Gasteiger partial charge on any atom is -0.496 e. The topological polar surface area (TPSA) is 92.3 Å². The normalized spacial score (nSPS) is 18.1. The standard InChI is InChI=1S/C22H33BBrNO7/c1-20(2,3)30-19(27)25-16(18(26)29-9)12-13-10-14(17(28-8)15(24)11-13)23-31-21(4,5)22(6,7)32-23/h10-11,16H,12H2,1-9H3,(H,25,27)/t16-/m0/s1. The van der Waals surface area contributed by atoms with Gasteiger partial charge in [-0.1, -0.05) is 6.07 Å². The van der Waals surface area contributed by atoms with Crippen molar-refractivity contribution in [1.29, 1.82) is 0 Å². The van der Waals surface area contributed by atoms with Gasteiger partial charge in [-0.2, -0.15) is 0 Å². The van der Waals surface area contributed by atoms with Crippen LogP contribution in [-0.4, -0.2) is 56.2 Å². The number of alkyl carbamates (subject to hydrolysis) is 1. The minimum atomic E-state index is -0.943. The summed E-state index contributed by atoms with van der Waals surface area (Å²) in [5, 5.41) is 2.59. The van der Waals surface area contributed by atoms with Gasteiger partial charge >= 0.3 is 19.2 Å². The Kier molecular flexibility index (Phi) is 7.95. The van der Waals surface area contributed by atoms with Gasteiger partial charge < -0.3 is 28.8 Å². The highest BCUT2D eigenvalue weighted by Gasteiger charge is 2.52. The minimum absolute atomic E-state index is 0.168. The van der Waals surface area contributed by atoms with E-state index in [-0.39, 0.29) is 6.42 Å². The molecular formula is C22H33BBrNO7. The summed E-state index contributed by atoms with van der Waals surface area (Å²) in [6.07, 6.45) is -0.534. The Bertz CT molecular complexity index is 851. The molecule has 0 radical (unpaired) electrons. The highest BCUT2D eigenvalue weighted by atomic mass is 79.9. The van der Waals surface area contributed by atoms with Gasteiger partial charge in [-0.15, -0.1) is 0 Å². The van der Waals surface area contributed by atoms with Crippen molar-refractivity contribution in [2.24, 2.45) is 0 Å². The van der Waals surface area contributed by atoms with Gasteiger partial charge in [-0.3, -0.25) is 0 Å². The number of amides is 1. The predicted octanol–water partition coefficient (Wildman–Crippen LogP) is 3.37. The fraction of sp³-hybridized carbons (Fsp3) is 0.636. The fourth-order valence-electron chi connectivity index (χ4n) is 3.17. The summed E-state index contributed by atoms with van der Waals surface area (Å²) < 4.78 is 28.8. The number of hydrogen-bond donors (Lipinski definition) is 1. The van der Waals surface area contributed by atoms with Crippen molar-refractivity contribution in [2.45, 2.75) is 77.7 Å². The molecule has 32 heavy (non-hydrogen) atoms. The molecule has 1 aliphatic rings. The number of carbonyl (C=O) groups excluding carboxylic acids is 2. The van der Waals surface area contributed by atoms with Crippen molar-refractivity contribution in [3.8, 4) is 5.75 Å². The van der Waals surface area contributed by atoms with Crippen molar-refractivity contribution in [3.63, 3.8) is 0 Å². The van der Waals surface area contributed by atoms with Crippen molar-refractivity contribution in [2.75, 3.05) is 14.2 Å². The van der Waals surface area contributed by atoms with Crippen LogP contribution in [0, 0.1) is 0 Å². The van der Waals surface area contributed by atoms with E-state index in [0.29, 0.717) is 15.7 Å². The highest BCUT2D eigenvalue weighted by Crippen LogP contribution is 2.38. The SMILES string of the molecule is COC(=O)[C@H](Cc1cc(Br)c(OC)c(B2OC(C)(C)C(C)(C)O2)c1)NC(=O)OC(C)(C)C. The first-order valence-corrected chi connectivity index (χ1v) is 11.2. The Morgan fingerprint density at radius 3 is 2.16 bits per heavy atom. The van der Waals surface area contributed by atoms with Gasteiger partial charge in [-0.05, 0) is 76.0 Å². The lowest BCUT2D eigenvalue weighted by Gasteiger charge is -2.32. The molecule has 178 valence electrons. The first-order chi connectivity index (χ1) is 14.6. The lowest BCUT2D eigenvalue weighted by molar-refractivity contribution is -0.143. The second-order valence-electron chi connectivity index (χ2n) is 9.71. The van der Waals surface area contributed by atoms with E-state index in [1.165, 1.54) is 7.11 Å². The summed E-state index contributed by atoms with van der Waals surface area (Å²) >= 11 is 3.53. The van der Waals surface area contributed by atoms with Crippen LogP contribution in [0.15, 0.2) is 16.6 Å². The summed E-state index contributed by atoms with van der Waals surface area (Å²) in [4.78, 5) is 24.6. The maximum Gasteiger partial charge on any atom is 0.498 e. The Balaban J connectivity index is 2.36. The van der Waals surface area contributed by atoms with Crippen LogP contribution in [0.5, 0.6) is 5.75 Å². The molecule has 0 spiro atoms. The molecule has 0 aliphatic carbocycles. The van der Waals surface area contributed by atoms with Crippen LogP contribution in [0.2, 0.25) is 0 Å². The number of nitrogens with one attached hydrogen (secondary N) is 1. The van der Waals surface area contributed by atoms with Crippen LogP contribution in [-0.2, 0) is 30.0 Å². The molecule has 1 aromatic rings. The highest BCUT2D eigenvalue weighted by molar-refractivity contribution is 9.10. The van der Waals surface area contributed by atoms with Crippen LogP contribution in [0.4, 0.5) is 4.79 Å².